The summed E-state index contributed by atoms with van der Waals surface area (Å²) in [5.41, 5.74) is 5.38. The molecule has 2 atom stereocenters. The zero-order valence-corrected chi connectivity index (χ0v) is 20.5. The highest BCUT2D eigenvalue weighted by Crippen LogP contribution is 2.93. The van der Waals surface area contributed by atoms with Gasteiger partial charge in [0.15, 0.2) is 0 Å². The first-order valence-electron chi connectivity index (χ1n) is 9.68. The summed E-state index contributed by atoms with van der Waals surface area (Å²) in [6.07, 6.45) is 0. The van der Waals surface area contributed by atoms with E-state index in [0.717, 1.165) is 0 Å². The first-order chi connectivity index (χ1) is 10.9. The molecule has 25 heavy (non-hydrogen) atoms. The molecule has 0 saturated carbocycles. The molecule has 2 rings (SSSR count). The van der Waals surface area contributed by atoms with E-state index in [1.165, 1.54) is 11.5 Å². The Labute approximate surface area is 160 Å². The average Bonchev–Trinajstić information content (AvgIpc) is 3.13. The lowest BCUT2D eigenvalue weighted by molar-refractivity contribution is 0.554. The molecule has 0 amide bonds. The highest BCUT2D eigenvalue weighted by atomic mass is 32.1. The van der Waals surface area contributed by atoms with Crippen molar-refractivity contribution in [2.24, 2.45) is 0 Å². The molecule has 1 saturated heterocycles. The van der Waals surface area contributed by atoms with Crippen LogP contribution in [0.5, 0.6) is 0 Å². The van der Waals surface area contributed by atoms with Crippen LogP contribution in [0, 0.1) is 0 Å². The van der Waals surface area contributed by atoms with Gasteiger partial charge >= 0.3 is 0 Å². The Morgan fingerprint density at radius 2 is 1.04 bits per heavy atom. The zero-order valence-electron chi connectivity index (χ0n) is 18.8. The van der Waals surface area contributed by atoms with E-state index in [9.17, 15) is 0 Å². The van der Waals surface area contributed by atoms with Gasteiger partial charge in [0.25, 0.3) is 0 Å². The third-order valence-electron chi connectivity index (χ3n) is 5.10. The summed E-state index contributed by atoms with van der Waals surface area (Å²) in [5.74, 6) is 1.48. The van der Waals surface area contributed by atoms with Gasteiger partial charge in [0, 0.05) is 5.90 Å². The van der Waals surface area contributed by atoms with Crippen molar-refractivity contribution in [2.45, 2.75) is 104 Å². The van der Waals surface area contributed by atoms with E-state index in [-0.39, 0.29) is 31.5 Å². The third kappa shape index (κ3) is 4.68. The average molecular weight is 379 g/mol. The molecule has 0 aromatic heterocycles. The van der Waals surface area contributed by atoms with Crippen LogP contribution < -0.4 is 5.30 Å². The molecular formula is C23H40P2. The molecule has 0 bridgehead atoms. The summed E-state index contributed by atoms with van der Waals surface area (Å²) in [4.78, 5) is 0. The van der Waals surface area contributed by atoms with Crippen LogP contribution in [0.2, 0.25) is 0 Å². The van der Waals surface area contributed by atoms with Gasteiger partial charge in [-0.05, 0) is 51.0 Å². The molecule has 2 heteroatoms. The minimum Gasteiger partial charge on any atom is -0.0654 e. The van der Waals surface area contributed by atoms with Crippen molar-refractivity contribution in [3.63, 3.8) is 0 Å². The minimum absolute atomic E-state index is 0.0494. The summed E-state index contributed by atoms with van der Waals surface area (Å²) in [6, 6.07) is 5.11. The highest BCUT2D eigenvalue weighted by Gasteiger charge is 2.48. The van der Waals surface area contributed by atoms with Crippen molar-refractivity contribution in [2.75, 3.05) is 5.90 Å². The van der Waals surface area contributed by atoms with Crippen LogP contribution in [-0.2, 0) is 16.2 Å². The Kier molecular flexibility index (Phi) is 5.40. The van der Waals surface area contributed by atoms with Gasteiger partial charge in [0.2, 0.25) is 0 Å². The molecule has 2 unspecified atom stereocenters. The van der Waals surface area contributed by atoms with Crippen molar-refractivity contribution in [3.8, 4) is 0 Å². The van der Waals surface area contributed by atoms with Crippen LogP contribution >= 0.6 is 15.2 Å². The maximum Gasteiger partial charge on any atom is 0.000555 e. The van der Waals surface area contributed by atoms with E-state index in [1.807, 2.05) is 0 Å². The number of benzene rings is 1. The van der Waals surface area contributed by atoms with E-state index in [0.29, 0.717) is 5.16 Å². The van der Waals surface area contributed by atoms with Crippen LogP contribution in [0.25, 0.3) is 0 Å². The van der Waals surface area contributed by atoms with Gasteiger partial charge < -0.3 is 0 Å². The van der Waals surface area contributed by atoms with Gasteiger partial charge in [-0.2, -0.15) is 0 Å². The lowest BCUT2D eigenvalue weighted by Gasteiger charge is -2.34. The van der Waals surface area contributed by atoms with Crippen LogP contribution in [0.15, 0.2) is 12.1 Å². The second kappa shape index (κ2) is 6.31. The molecule has 0 spiro atoms. The largest absolute Gasteiger partial charge is 0.0654 e. The summed E-state index contributed by atoms with van der Waals surface area (Å²) < 4.78 is 0. The predicted molar refractivity (Wildman–Crippen MR) is 121 cm³/mol. The van der Waals surface area contributed by atoms with E-state index in [4.69, 9.17) is 0 Å². The second-order valence-electron chi connectivity index (χ2n) is 11.8. The molecule has 0 radical (unpaired) electrons. The first-order valence-corrected chi connectivity index (χ1v) is 13.4. The third-order valence-corrected chi connectivity index (χ3v) is 13.8. The van der Waals surface area contributed by atoms with Crippen LogP contribution in [0.1, 0.15) is 99.8 Å². The van der Waals surface area contributed by atoms with Crippen molar-refractivity contribution < 1.29 is 0 Å². The summed E-state index contributed by atoms with van der Waals surface area (Å²) >= 11 is 0. The maximum absolute atomic E-state index is 2.56. The van der Waals surface area contributed by atoms with Gasteiger partial charge in [0.1, 0.15) is 0 Å². The number of hydrogen-bond donors (Lipinski definition) is 0. The predicted octanol–water partition coefficient (Wildman–Crippen LogP) is 7.85. The Balaban J connectivity index is 2.76. The maximum atomic E-state index is 2.56. The molecule has 1 aromatic carbocycles. The van der Waals surface area contributed by atoms with Crippen molar-refractivity contribution in [1.82, 2.24) is 0 Å². The standard InChI is InChI=1S/C23H40P2/c1-20(2,3)16-13-17(21(4,5)6)19(18(14-16)22(7,8)9)24-15-25(24)23(10,11)12/h13-14H,15H2,1-12H3. The van der Waals surface area contributed by atoms with Crippen molar-refractivity contribution >= 4 is 20.5 Å². The first kappa shape index (κ1) is 21.4. The SMILES string of the molecule is CC(C)(C)c1cc(C(C)(C)C)c(P2CP2C(C)(C)C)c(C(C)(C)C)c1. The van der Waals surface area contributed by atoms with E-state index in [2.05, 4.69) is 95.2 Å². The van der Waals surface area contributed by atoms with Crippen LogP contribution in [0.4, 0.5) is 0 Å². The summed E-state index contributed by atoms with van der Waals surface area (Å²) in [6.45, 7) is 28.9. The lowest BCUT2D eigenvalue weighted by atomic mass is 9.75. The molecule has 1 aliphatic rings. The minimum atomic E-state index is 0.0494. The number of hydrogen-bond acceptors (Lipinski definition) is 0. The molecule has 1 aromatic rings. The second-order valence-corrected chi connectivity index (χ2v) is 19.2. The van der Waals surface area contributed by atoms with E-state index >= 15 is 0 Å². The monoisotopic (exact) mass is 378 g/mol. The molecule has 0 aliphatic carbocycles. The van der Waals surface area contributed by atoms with Gasteiger partial charge in [0.05, 0.1) is 0 Å². The smallest absolute Gasteiger partial charge is 0.000555 e. The number of rotatable bonds is 1. The topological polar surface area (TPSA) is 0 Å². The molecule has 1 aliphatic heterocycles. The lowest BCUT2D eigenvalue weighted by Crippen LogP contribution is -2.30. The molecule has 1 fully saturated rings. The molecule has 142 valence electrons. The fraction of sp³-hybridized carbons (Fsp3) is 0.739. The highest BCUT2D eigenvalue weighted by molar-refractivity contribution is 8.49. The normalized spacial score (nSPS) is 22.2. The molecular weight excluding hydrogens is 338 g/mol. The quantitative estimate of drug-likeness (QED) is 0.436. The fourth-order valence-electron chi connectivity index (χ4n) is 3.35. The Morgan fingerprint density at radius 3 is 1.28 bits per heavy atom. The zero-order chi connectivity index (χ0) is 19.6. The molecule has 1 heterocycles. The van der Waals surface area contributed by atoms with Crippen molar-refractivity contribution in [1.29, 1.82) is 0 Å². The van der Waals surface area contributed by atoms with Crippen LogP contribution in [0.3, 0.4) is 0 Å². The molecule has 0 N–H and O–H groups in total. The summed E-state index contributed by atoms with van der Waals surface area (Å²) in [5, 5.41) is 2.26. The van der Waals surface area contributed by atoms with Gasteiger partial charge in [-0.3, -0.25) is 0 Å². The van der Waals surface area contributed by atoms with Gasteiger partial charge in [-0.25, -0.2) is 0 Å². The fourth-order valence-corrected chi connectivity index (χ4v) is 13.4. The van der Waals surface area contributed by atoms with Gasteiger partial charge in [-0.1, -0.05) is 103 Å². The Bertz CT molecular complexity index is 608. The molecule has 0 nitrogen and oxygen atoms in total. The summed E-state index contributed by atoms with van der Waals surface area (Å²) in [7, 11) is 0.218. The van der Waals surface area contributed by atoms with Gasteiger partial charge in [-0.15, -0.1) is 0 Å². The van der Waals surface area contributed by atoms with E-state index < -0.39 is 0 Å². The van der Waals surface area contributed by atoms with E-state index in [1.54, 1.807) is 16.4 Å². The van der Waals surface area contributed by atoms with Crippen molar-refractivity contribution in [3.05, 3.63) is 28.8 Å². The van der Waals surface area contributed by atoms with Crippen LogP contribution in [-0.4, -0.2) is 11.1 Å². The Morgan fingerprint density at radius 1 is 0.640 bits per heavy atom. The Hall–Kier alpha value is 0.0800.